The summed E-state index contributed by atoms with van der Waals surface area (Å²) in [5.74, 6) is -0.916. The summed E-state index contributed by atoms with van der Waals surface area (Å²) in [6, 6.07) is 3.29. The molecule has 5 heteroatoms. The third-order valence-electron chi connectivity index (χ3n) is 4.65. The minimum Gasteiger partial charge on any atom is -0.365 e. The van der Waals surface area contributed by atoms with E-state index in [0.717, 1.165) is 32.6 Å². The van der Waals surface area contributed by atoms with Gasteiger partial charge in [-0.1, -0.05) is 0 Å². The third-order valence-corrected chi connectivity index (χ3v) is 4.65. The molecule has 2 aliphatic rings. The molecule has 3 rings (SSSR count). The van der Waals surface area contributed by atoms with E-state index in [9.17, 15) is 8.78 Å². The van der Waals surface area contributed by atoms with Crippen LogP contribution >= 0.6 is 0 Å². The van der Waals surface area contributed by atoms with Crippen molar-refractivity contribution in [3.05, 3.63) is 29.3 Å². The maximum Gasteiger partial charge on any atom is 0.149 e. The Morgan fingerprint density at radius 2 is 1.76 bits per heavy atom. The van der Waals surface area contributed by atoms with Crippen molar-refractivity contribution in [3.63, 3.8) is 0 Å². The molecule has 1 atom stereocenters. The monoisotopic (exact) mass is 295 g/mol. The molecule has 21 heavy (non-hydrogen) atoms. The van der Waals surface area contributed by atoms with Crippen LogP contribution in [0.4, 0.5) is 14.5 Å². The summed E-state index contributed by atoms with van der Waals surface area (Å²) in [5.41, 5.74) is 6.22. The van der Waals surface area contributed by atoms with E-state index in [1.165, 1.54) is 25.0 Å². The van der Waals surface area contributed by atoms with Crippen molar-refractivity contribution in [2.75, 3.05) is 37.6 Å². The van der Waals surface area contributed by atoms with Crippen molar-refractivity contribution < 1.29 is 8.78 Å². The van der Waals surface area contributed by atoms with Crippen LogP contribution in [-0.4, -0.2) is 43.7 Å². The predicted molar refractivity (Wildman–Crippen MR) is 80.5 cm³/mol. The second kappa shape index (κ2) is 6.28. The Labute approximate surface area is 124 Å². The molecule has 2 fully saturated rings. The Morgan fingerprint density at radius 3 is 2.38 bits per heavy atom. The average Bonchev–Trinajstić information content (AvgIpc) is 3.08. The largest absolute Gasteiger partial charge is 0.365 e. The molecule has 2 saturated heterocycles. The summed E-state index contributed by atoms with van der Waals surface area (Å²) in [6.07, 6.45) is 3.98. The standard InChI is InChI=1S/C16H23F2N3/c17-14-9-12(3-5-19)10-15(18)16(14)21-8-4-13(11-21)20-6-1-2-7-20/h9-10,13H,1-8,11,19H2. The molecule has 0 radical (unpaired) electrons. The second-order valence-electron chi connectivity index (χ2n) is 6.08. The maximum atomic E-state index is 14.3. The molecule has 3 nitrogen and oxygen atoms in total. The van der Waals surface area contributed by atoms with Gasteiger partial charge < -0.3 is 10.6 Å². The zero-order valence-electron chi connectivity index (χ0n) is 12.3. The highest BCUT2D eigenvalue weighted by molar-refractivity contribution is 5.52. The van der Waals surface area contributed by atoms with E-state index in [1.807, 2.05) is 4.90 Å². The van der Waals surface area contributed by atoms with Crippen molar-refractivity contribution in [3.8, 4) is 0 Å². The van der Waals surface area contributed by atoms with E-state index in [4.69, 9.17) is 5.73 Å². The van der Waals surface area contributed by atoms with Gasteiger partial charge in [-0.25, -0.2) is 8.78 Å². The molecule has 0 aliphatic carbocycles. The number of anilines is 1. The molecule has 0 aromatic heterocycles. The van der Waals surface area contributed by atoms with Gasteiger partial charge >= 0.3 is 0 Å². The van der Waals surface area contributed by atoms with Gasteiger partial charge in [-0.05, 0) is 63.0 Å². The Morgan fingerprint density at radius 1 is 1.10 bits per heavy atom. The van der Waals surface area contributed by atoms with Crippen LogP contribution < -0.4 is 10.6 Å². The lowest BCUT2D eigenvalue weighted by Crippen LogP contribution is -2.35. The van der Waals surface area contributed by atoms with Gasteiger partial charge in [-0.3, -0.25) is 4.90 Å². The molecule has 1 aromatic rings. The van der Waals surface area contributed by atoms with Crippen LogP contribution in [0.1, 0.15) is 24.8 Å². The number of benzene rings is 1. The summed E-state index contributed by atoms with van der Waals surface area (Å²) in [6.45, 7) is 4.10. The second-order valence-corrected chi connectivity index (χ2v) is 6.08. The predicted octanol–water partition coefficient (Wildman–Crippen LogP) is 2.14. The molecule has 0 bridgehead atoms. The highest BCUT2D eigenvalue weighted by Crippen LogP contribution is 2.30. The number of hydrogen-bond donors (Lipinski definition) is 1. The summed E-state index contributed by atoms with van der Waals surface area (Å²) >= 11 is 0. The van der Waals surface area contributed by atoms with Gasteiger partial charge in [-0.2, -0.15) is 0 Å². The van der Waals surface area contributed by atoms with E-state index in [1.54, 1.807) is 0 Å². The zero-order valence-corrected chi connectivity index (χ0v) is 12.3. The average molecular weight is 295 g/mol. The topological polar surface area (TPSA) is 32.5 Å². The van der Waals surface area contributed by atoms with Gasteiger partial charge in [0.15, 0.2) is 0 Å². The first kappa shape index (κ1) is 14.7. The summed E-state index contributed by atoms with van der Waals surface area (Å²) < 4.78 is 28.5. The minimum atomic E-state index is -0.458. The van der Waals surface area contributed by atoms with Crippen molar-refractivity contribution in [2.24, 2.45) is 5.73 Å². The van der Waals surface area contributed by atoms with Crippen LogP contribution in [0.15, 0.2) is 12.1 Å². The lowest BCUT2D eigenvalue weighted by Gasteiger charge is -2.25. The summed E-state index contributed by atoms with van der Waals surface area (Å²) in [5, 5.41) is 0. The molecule has 2 heterocycles. The van der Waals surface area contributed by atoms with Crippen LogP contribution in [0.25, 0.3) is 0 Å². The first-order chi connectivity index (χ1) is 10.2. The van der Waals surface area contributed by atoms with Crippen LogP contribution in [-0.2, 0) is 6.42 Å². The molecule has 2 aliphatic heterocycles. The van der Waals surface area contributed by atoms with Gasteiger partial charge in [0.1, 0.15) is 17.3 Å². The first-order valence-corrected chi connectivity index (χ1v) is 7.86. The summed E-state index contributed by atoms with van der Waals surface area (Å²) in [4.78, 5) is 4.32. The normalized spacial score (nSPS) is 23.2. The quantitative estimate of drug-likeness (QED) is 0.924. The number of halogens is 2. The van der Waals surface area contributed by atoms with Gasteiger partial charge in [0.25, 0.3) is 0 Å². The minimum absolute atomic E-state index is 0.137. The highest BCUT2D eigenvalue weighted by atomic mass is 19.1. The van der Waals surface area contributed by atoms with Crippen LogP contribution in [0.3, 0.4) is 0 Å². The van der Waals surface area contributed by atoms with E-state index in [2.05, 4.69) is 4.90 Å². The molecular weight excluding hydrogens is 272 g/mol. The fourth-order valence-corrected chi connectivity index (χ4v) is 3.58. The maximum absolute atomic E-state index is 14.3. The Hall–Kier alpha value is -1.20. The number of nitrogens with zero attached hydrogens (tertiary/aromatic N) is 2. The lowest BCUT2D eigenvalue weighted by molar-refractivity contribution is 0.260. The Bertz CT molecular complexity index is 477. The smallest absolute Gasteiger partial charge is 0.149 e. The number of rotatable bonds is 4. The fourth-order valence-electron chi connectivity index (χ4n) is 3.58. The molecule has 0 amide bonds. The number of likely N-dealkylation sites (tertiary alicyclic amines) is 1. The first-order valence-electron chi connectivity index (χ1n) is 7.86. The molecule has 2 N–H and O–H groups in total. The Balaban J connectivity index is 1.75. The van der Waals surface area contributed by atoms with Crippen molar-refractivity contribution in [1.29, 1.82) is 0 Å². The molecule has 0 saturated carbocycles. The molecular formula is C16H23F2N3. The van der Waals surface area contributed by atoms with Crippen molar-refractivity contribution in [2.45, 2.75) is 31.7 Å². The van der Waals surface area contributed by atoms with Gasteiger partial charge in [0.05, 0.1) is 0 Å². The SMILES string of the molecule is NCCc1cc(F)c(N2CCC(N3CCCC3)C2)c(F)c1. The molecule has 1 aromatic carbocycles. The zero-order chi connectivity index (χ0) is 14.8. The molecule has 1 unspecified atom stereocenters. The number of hydrogen-bond acceptors (Lipinski definition) is 3. The molecule has 116 valence electrons. The van der Waals surface area contributed by atoms with E-state index < -0.39 is 11.6 Å². The van der Waals surface area contributed by atoms with E-state index in [0.29, 0.717) is 24.6 Å². The van der Waals surface area contributed by atoms with Crippen molar-refractivity contribution >= 4 is 5.69 Å². The highest BCUT2D eigenvalue weighted by Gasteiger charge is 2.31. The van der Waals surface area contributed by atoms with Crippen LogP contribution in [0.5, 0.6) is 0 Å². The van der Waals surface area contributed by atoms with E-state index >= 15 is 0 Å². The van der Waals surface area contributed by atoms with Gasteiger partial charge in [-0.15, -0.1) is 0 Å². The molecule has 0 spiro atoms. The summed E-state index contributed by atoms with van der Waals surface area (Å²) in [7, 11) is 0. The van der Waals surface area contributed by atoms with Crippen LogP contribution in [0.2, 0.25) is 0 Å². The fraction of sp³-hybridized carbons (Fsp3) is 0.625. The van der Waals surface area contributed by atoms with Crippen molar-refractivity contribution in [1.82, 2.24) is 4.90 Å². The van der Waals surface area contributed by atoms with Gasteiger partial charge in [0, 0.05) is 19.1 Å². The van der Waals surface area contributed by atoms with Crippen LogP contribution in [0, 0.1) is 11.6 Å². The Kier molecular flexibility index (Phi) is 4.40. The lowest BCUT2D eigenvalue weighted by atomic mass is 10.1. The van der Waals surface area contributed by atoms with Gasteiger partial charge in [0.2, 0.25) is 0 Å². The third kappa shape index (κ3) is 3.04. The number of nitrogens with two attached hydrogens (primary N) is 1. The van der Waals surface area contributed by atoms with E-state index in [-0.39, 0.29) is 5.69 Å².